The SMILES string of the molecule is CCc1nn2c(=O)cc(CN3CC[C@H]4CCCC[C@H]4C3)nc2s1. The second kappa shape index (κ2) is 6.32. The van der Waals surface area contributed by atoms with Crippen molar-refractivity contribution in [3.63, 3.8) is 0 Å². The molecule has 0 aromatic carbocycles. The van der Waals surface area contributed by atoms with Crippen molar-refractivity contribution in [1.82, 2.24) is 19.5 Å². The standard InChI is InChI=1S/C17H24N4OS/c1-2-15-19-21-16(22)9-14(18-17(21)23-15)11-20-8-7-12-5-3-4-6-13(12)10-20/h9,12-13H,2-8,10-11H2,1H3/t12-,13+/m1/s1. The molecule has 0 amide bonds. The molecule has 1 saturated heterocycles. The van der Waals surface area contributed by atoms with Gasteiger partial charge in [-0.2, -0.15) is 9.61 Å². The summed E-state index contributed by atoms with van der Waals surface area (Å²) in [5.41, 5.74) is 0.851. The van der Waals surface area contributed by atoms with Crippen molar-refractivity contribution < 1.29 is 0 Å². The van der Waals surface area contributed by atoms with Crippen LogP contribution in [0.1, 0.15) is 49.7 Å². The highest BCUT2D eigenvalue weighted by molar-refractivity contribution is 7.16. The van der Waals surface area contributed by atoms with Gasteiger partial charge in [-0.25, -0.2) is 4.98 Å². The van der Waals surface area contributed by atoms with Crippen molar-refractivity contribution in [3.8, 4) is 0 Å². The summed E-state index contributed by atoms with van der Waals surface area (Å²) in [6, 6.07) is 1.67. The van der Waals surface area contributed by atoms with Crippen LogP contribution in [0.25, 0.3) is 4.96 Å². The zero-order valence-corrected chi connectivity index (χ0v) is 14.5. The van der Waals surface area contributed by atoms with Crippen LogP contribution in [0.3, 0.4) is 0 Å². The van der Waals surface area contributed by atoms with E-state index < -0.39 is 0 Å². The van der Waals surface area contributed by atoms with Gasteiger partial charge in [-0.15, -0.1) is 0 Å². The fourth-order valence-electron chi connectivity index (χ4n) is 4.17. The molecular formula is C17H24N4OS. The number of hydrogen-bond donors (Lipinski definition) is 0. The minimum atomic E-state index is -0.0477. The molecule has 124 valence electrons. The maximum atomic E-state index is 12.2. The molecule has 2 aromatic rings. The van der Waals surface area contributed by atoms with Crippen LogP contribution < -0.4 is 5.56 Å². The number of aromatic nitrogens is 3. The molecule has 1 aliphatic heterocycles. The fraction of sp³-hybridized carbons (Fsp3) is 0.706. The van der Waals surface area contributed by atoms with E-state index in [1.807, 2.05) is 0 Å². The molecule has 3 heterocycles. The average molecular weight is 332 g/mol. The Kier molecular flexibility index (Phi) is 4.20. The quantitative estimate of drug-likeness (QED) is 0.867. The van der Waals surface area contributed by atoms with E-state index in [0.29, 0.717) is 0 Å². The maximum Gasteiger partial charge on any atom is 0.275 e. The molecule has 0 N–H and O–H groups in total. The zero-order chi connectivity index (χ0) is 15.8. The van der Waals surface area contributed by atoms with Gasteiger partial charge in [0.25, 0.3) is 5.56 Å². The summed E-state index contributed by atoms with van der Waals surface area (Å²) < 4.78 is 1.44. The van der Waals surface area contributed by atoms with E-state index in [0.717, 1.165) is 47.0 Å². The Hall–Kier alpha value is -1.27. The predicted molar refractivity (Wildman–Crippen MR) is 91.9 cm³/mol. The molecule has 6 heteroatoms. The Labute approximate surface area is 140 Å². The van der Waals surface area contributed by atoms with Crippen LogP contribution in [0.2, 0.25) is 0 Å². The summed E-state index contributed by atoms with van der Waals surface area (Å²) in [4.78, 5) is 20.2. The number of fused-ring (bicyclic) bond motifs is 2. The highest BCUT2D eigenvalue weighted by atomic mass is 32.1. The van der Waals surface area contributed by atoms with E-state index in [-0.39, 0.29) is 5.56 Å². The molecule has 4 rings (SSSR count). The van der Waals surface area contributed by atoms with Gasteiger partial charge in [-0.05, 0) is 37.6 Å². The van der Waals surface area contributed by atoms with E-state index in [1.165, 1.54) is 54.5 Å². The molecule has 0 unspecified atom stereocenters. The highest BCUT2D eigenvalue weighted by Gasteiger charge is 2.31. The van der Waals surface area contributed by atoms with Crippen LogP contribution in [0, 0.1) is 11.8 Å². The molecule has 0 spiro atoms. The van der Waals surface area contributed by atoms with Crippen LogP contribution in [0.4, 0.5) is 0 Å². The topological polar surface area (TPSA) is 50.5 Å². The number of aryl methyl sites for hydroxylation is 1. The first-order chi connectivity index (χ1) is 11.2. The van der Waals surface area contributed by atoms with Crippen LogP contribution >= 0.6 is 11.3 Å². The number of piperidine rings is 1. The molecule has 2 fully saturated rings. The Morgan fingerprint density at radius 3 is 2.91 bits per heavy atom. The minimum Gasteiger partial charge on any atom is -0.297 e. The first-order valence-corrected chi connectivity index (χ1v) is 9.65. The molecule has 0 bridgehead atoms. The lowest BCUT2D eigenvalue weighted by Gasteiger charge is -2.41. The highest BCUT2D eigenvalue weighted by Crippen LogP contribution is 2.36. The first-order valence-electron chi connectivity index (χ1n) is 8.84. The Morgan fingerprint density at radius 2 is 2.09 bits per heavy atom. The Morgan fingerprint density at radius 1 is 1.26 bits per heavy atom. The third kappa shape index (κ3) is 3.06. The van der Waals surface area contributed by atoms with Gasteiger partial charge in [0.1, 0.15) is 5.01 Å². The van der Waals surface area contributed by atoms with Crippen molar-refractivity contribution in [1.29, 1.82) is 0 Å². The molecule has 2 aliphatic rings. The number of hydrogen-bond acceptors (Lipinski definition) is 5. The normalized spacial score (nSPS) is 25.6. The predicted octanol–water partition coefficient (Wildman–Crippen LogP) is 2.73. The maximum absolute atomic E-state index is 12.2. The molecular weight excluding hydrogens is 308 g/mol. The summed E-state index contributed by atoms with van der Waals surface area (Å²) in [6.07, 6.45) is 7.77. The van der Waals surface area contributed by atoms with Gasteiger partial charge in [0, 0.05) is 19.2 Å². The van der Waals surface area contributed by atoms with Crippen molar-refractivity contribution >= 4 is 16.3 Å². The van der Waals surface area contributed by atoms with Gasteiger partial charge in [0.15, 0.2) is 0 Å². The molecule has 5 nitrogen and oxygen atoms in total. The van der Waals surface area contributed by atoms with E-state index in [1.54, 1.807) is 6.07 Å². The fourth-order valence-corrected chi connectivity index (χ4v) is 5.03. The lowest BCUT2D eigenvalue weighted by atomic mass is 9.75. The second-order valence-electron chi connectivity index (χ2n) is 6.96. The Bertz CT molecular complexity index is 753. The monoisotopic (exact) mass is 332 g/mol. The lowest BCUT2D eigenvalue weighted by molar-refractivity contribution is 0.0812. The third-order valence-electron chi connectivity index (χ3n) is 5.40. The molecule has 1 aliphatic carbocycles. The number of rotatable bonds is 3. The van der Waals surface area contributed by atoms with Gasteiger partial charge in [-0.3, -0.25) is 9.69 Å². The van der Waals surface area contributed by atoms with Crippen LogP contribution in [-0.2, 0) is 13.0 Å². The van der Waals surface area contributed by atoms with Gasteiger partial charge >= 0.3 is 0 Å². The summed E-state index contributed by atoms with van der Waals surface area (Å²) >= 11 is 1.53. The van der Waals surface area contributed by atoms with E-state index in [9.17, 15) is 4.79 Å². The first kappa shape index (κ1) is 15.3. The average Bonchev–Trinajstić information content (AvgIpc) is 2.98. The van der Waals surface area contributed by atoms with Crippen molar-refractivity contribution in [2.75, 3.05) is 13.1 Å². The largest absolute Gasteiger partial charge is 0.297 e. The van der Waals surface area contributed by atoms with Gasteiger partial charge in [0.2, 0.25) is 4.96 Å². The van der Waals surface area contributed by atoms with E-state index >= 15 is 0 Å². The van der Waals surface area contributed by atoms with Crippen LogP contribution in [-0.4, -0.2) is 32.6 Å². The number of likely N-dealkylation sites (tertiary alicyclic amines) is 1. The van der Waals surface area contributed by atoms with Gasteiger partial charge in [0.05, 0.1) is 5.69 Å². The summed E-state index contributed by atoms with van der Waals surface area (Å²) in [5.74, 6) is 1.80. The smallest absolute Gasteiger partial charge is 0.275 e. The van der Waals surface area contributed by atoms with Crippen molar-refractivity contribution in [2.45, 2.75) is 52.0 Å². The van der Waals surface area contributed by atoms with Crippen molar-refractivity contribution in [3.05, 3.63) is 27.1 Å². The number of nitrogens with zero attached hydrogens (tertiary/aromatic N) is 4. The van der Waals surface area contributed by atoms with Gasteiger partial charge < -0.3 is 0 Å². The summed E-state index contributed by atoms with van der Waals surface area (Å²) in [5, 5.41) is 5.29. The molecule has 2 aromatic heterocycles. The third-order valence-corrected chi connectivity index (χ3v) is 6.46. The van der Waals surface area contributed by atoms with Crippen LogP contribution in [0.15, 0.2) is 10.9 Å². The van der Waals surface area contributed by atoms with Gasteiger partial charge in [-0.1, -0.05) is 37.5 Å². The van der Waals surface area contributed by atoms with Crippen molar-refractivity contribution in [2.24, 2.45) is 11.8 Å². The second-order valence-corrected chi connectivity index (χ2v) is 8.00. The minimum absolute atomic E-state index is 0.0477. The summed E-state index contributed by atoms with van der Waals surface area (Å²) in [7, 11) is 0. The molecule has 23 heavy (non-hydrogen) atoms. The van der Waals surface area contributed by atoms with Crippen LogP contribution in [0.5, 0.6) is 0 Å². The van der Waals surface area contributed by atoms with E-state index in [2.05, 4.69) is 21.9 Å². The zero-order valence-electron chi connectivity index (χ0n) is 13.7. The molecule has 1 saturated carbocycles. The Balaban J connectivity index is 1.52. The summed E-state index contributed by atoms with van der Waals surface area (Å²) in [6.45, 7) is 5.17. The molecule has 2 atom stereocenters. The van der Waals surface area contributed by atoms with E-state index in [4.69, 9.17) is 0 Å². The molecule has 0 radical (unpaired) electrons. The lowest BCUT2D eigenvalue weighted by Crippen LogP contribution is -2.41.